The molecule has 1 saturated heterocycles. The smallest absolute Gasteiger partial charge is 0.259 e. The van der Waals surface area contributed by atoms with Crippen LogP contribution < -0.4 is 15.6 Å². The molecule has 0 saturated carbocycles. The Kier molecular flexibility index (Phi) is 6.49. The molecule has 0 unspecified atom stereocenters. The highest BCUT2D eigenvalue weighted by molar-refractivity contribution is 6.68. The van der Waals surface area contributed by atoms with Crippen LogP contribution in [0.4, 0.5) is 4.39 Å². The first kappa shape index (κ1) is 22.4. The molecule has 1 N–H and O–H groups in total. The van der Waals surface area contributed by atoms with E-state index in [1.165, 1.54) is 24.3 Å². The van der Waals surface area contributed by atoms with Gasteiger partial charge in [-0.2, -0.15) is 0 Å². The molecule has 2 aromatic rings. The molecule has 31 heavy (non-hydrogen) atoms. The van der Waals surface area contributed by atoms with Crippen molar-refractivity contribution >= 4 is 40.7 Å². The van der Waals surface area contributed by atoms with Crippen LogP contribution in [0, 0.1) is 11.7 Å². The van der Waals surface area contributed by atoms with Gasteiger partial charge in [-0.05, 0) is 42.7 Å². The highest BCUT2D eigenvalue weighted by atomic mass is 35.6. The van der Waals surface area contributed by atoms with Crippen LogP contribution in [0.3, 0.4) is 0 Å². The van der Waals surface area contributed by atoms with E-state index in [1.807, 2.05) is 15.5 Å². The lowest BCUT2D eigenvalue weighted by Gasteiger charge is -2.47. The van der Waals surface area contributed by atoms with E-state index in [0.29, 0.717) is 25.4 Å². The molecule has 1 aromatic carbocycles. The van der Waals surface area contributed by atoms with E-state index >= 15 is 0 Å². The Morgan fingerprint density at radius 2 is 1.90 bits per heavy atom. The van der Waals surface area contributed by atoms with E-state index in [0.717, 1.165) is 12.1 Å². The maximum Gasteiger partial charge on any atom is 0.259 e. The van der Waals surface area contributed by atoms with Gasteiger partial charge >= 0.3 is 0 Å². The molecule has 1 fully saturated rings. The number of carbonyl (C=O) groups is 1. The molecule has 4 rings (SSSR count). The predicted molar refractivity (Wildman–Crippen MR) is 117 cm³/mol. The summed E-state index contributed by atoms with van der Waals surface area (Å²) in [5.41, 5.74) is 0.951. The van der Waals surface area contributed by atoms with Gasteiger partial charge in [-0.15, -0.1) is 0 Å². The van der Waals surface area contributed by atoms with E-state index in [1.54, 1.807) is 12.1 Å². The Morgan fingerprint density at radius 3 is 2.61 bits per heavy atom. The predicted octanol–water partition coefficient (Wildman–Crippen LogP) is 3.30. The first-order chi connectivity index (χ1) is 14.7. The van der Waals surface area contributed by atoms with Crippen LogP contribution in [0.25, 0.3) is 0 Å². The second-order valence-electron chi connectivity index (χ2n) is 7.91. The first-order valence-corrected chi connectivity index (χ1v) is 11.0. The Labute approximate surface area is 193 Å². The molecule has 3 heterocycles. The number of carbonyl (C=O) groups excluding carboxylic acids is 1. The van der Waals surface area contributed by atoms with Crippen molar-refractivity contribution in [3.05, 3.63) is 64.3 Å². The van der Waals surface area contributed by atoms with Gasteiger partial charge < -0.3 is 14.6 Å². The van der Waals surface area contributed by atoms with Crippen molar-refractivity contribution in [1.82, 2.24) is 14.8 Å². The number of likely N-dealkylation sites (tertiary alicyclic amines) is 1. The highest BCUT2D eigenvalue weighted by Crippen LogP contribution is 2.39. The number of amides is 1. The summed E-state index contributed by atoms with van der Waals surface area (Å²) >= 11 is 18.7. The number of nitrogens with zero attached hydrogens (tertiary/aromatic N) is 2. The summed E-state index contributed by atoms with van der Waals surface area (Å²) in [4.78, 5) is 26.7. The molecule has 6 nitrogen and oxygen atoms in total. The van der Waals surface area contributed by atoms with Gasteiger partial charge in [-0.1, -0.05) is 40.9 Å². The molecule has 166 valence electrons. The minimum atomic E-state index is -1.77. The quantitative estimate of drug-likeness (QED) is 0.656. The van der Waals surface area contributed by atoms with Gasteiger partial charge in [0.1, 0.15) is 17.7 Å². The largest absolute Gasteiger partial charge is 0.484 e. The average molecular weight is 489 g/mol. The fourth-order valence-corrected chi connectivity index (χ4v) is 4.98. The summed E-state index contributed by atoms with van der Waals surface area (Å²) in [5.74, 6) is -0.200. The molecular weight excluding hydrogens is 468 g/mol. The number of aromatic nitrogens is 1. The van der Waals surface area contributed by atoms with Crippen LogP contribution in [-0.2, 0) is 11.3 Å². The van der Waals surface area contributed by atoms with Crippen LogP contribution in [0.1, 0.15) is 18.0 Å². The highest BCUT2D eigenvalue weighted by Gasteiger charge is 2.44. The lowest BCUT2D eigenvalue weighted by Crippen LogP contribution is -2.60. The van der Waals surface area contributed by atoms with Gasteiger partial charge in [0, 0.05) is 37.3 Å². The summed E-state index contributed by atoms with van der Waals surface area (Å²) in [6.07, 6.45) is 0.0721. The third kappa shape index (κ3) is 5.17. The molecule has 2 aliphatic rings. The zero-order chi connectivity index (χ0) is 22.2. The third-order valence-electron chi connectivity index (χ3n) is 5.66. The summed E-state index contributed by atoms with van der Waals surface area (Å²) in [7, 11) is 0. The second-order valence-corrected chi connectivity index (χ2v) is 10.3. The van der Waals surface area contributed by atoms with Gasteiger partial charge in [0.25, 0.3) is 11.5 Å². The van der Waals surface area contributed by atoms with Crippen LogP contribution in [-0.4, -0.2) is 45.0 Å². The minimum absolute atomic E-state index is 0.00942. The molecular formula is C21H21Cl3FN3O3. The minimum Gasteiger partial charge on any atom is -0.484 e. The van der Waals surface area contributed by atoms with Crippen LogP contribution >= 0.6 is 34.8 Å². The van der Waals surface area contributed by atoms with Gasteiger partial charge in [0.2, 0.25) is 3.79 Å². The molecule has 0 radical (unpaired) electrons. The summed E-state index contributed by atoms with van der Waals surface area (Å²) in [5, 5.41) is 2.76. The third-order valence-corrected chi connectivity index (χ3v) is 6.28. The Morgan fingerprint density at radius 1 is 1.16 bits per heavy atom. The summed E-state index contributed by atoms with van der Waals surface area (Å²) < 4.78 is 18.4. The standard InChI is InChI=1S/C21H21Cl3FN3O3/c22-21(23,24)20(26-18(29)12-31-16-6-4-15(25)5-7-16)27-9-13-8-14(11-27)17-2-1-3-19(30)28(17)10-13/h1-7,13-14,20H,8-12H2,(H,26,29)/t13-,14+,20-/m0/s1. The number of nitrogens with one attached hydrogen (secondary N) is 1. The molecule has 3 atom stereocenters. The lowest BCUT2D eigenvalue weighted by atomic mass is 9.83. The van der Waals surface area contributed by atoms with Crippen molar-refractivity contribution in [3.63, 3.8) is 0 Å². The van der Waals surface area contributed by atoms with Crippen molar-refractivity contribution in [2.75, 3.05) is 19.7 Å². The number of hydrogen-bond donors (Lipinski definition) is 1. The van der Waals surface area contributed by atoms with Crippen LogP contribution in [0.15, 0.2) is 47.3 Å². The van der Waals surface area contributed by atoms with E-state index in [4.69, 9.17) is 39.5 Å². The molecule has 0 aliphatic carbocycles. The van der Waals surface area contributed by atoms with Crippen molar-refractivity contribution in [1.29, 1.82) is 0 Å². The number of halogens is 4. The number of fused-ring (bicyclic) bond motifs is 4. The number of piperidine rings is 1. The van der Waals surface area contributed by atoms with E-state index in [2.05, 4.69) is 5.32 Å². The number of rotatable bonds is 5. The molecule has 10 heteroatoms. The van der Waals surface area contributed by atoms with Crippen LogP contribution in [0.2, 0.25) is 0 Å². The second kappa shape index (κ2) is 8.98. The van der Waals surface area contributed by atoms with Crippen molar-refractivity contribution < 1.29 is 13.9 Å². The maximum atomic E-state index is 13.0. The van der Waals surface area contributed by atoms with Gasteiger partial charge in [0.15, 0.2) is 6.61 Å². The Balaban J connectivity index is 1.45. The van der Waals surface area contributed by atoms with E-state index in [-0.39, 0.29) is 24.0 Å². The SMILES string of the molecule is O=C(COc1ccc(F)cc1)N[C@@H](N1C[C@@H]2C[C@H](C1)c1cccc(=O)n1C2)C(Cl)(Cl)Cl. The monoisotopic (exact) mass is 487 g/mol. The molecule has 2 aliphatic heterocycles. The fourth-order valence-electron chi connectivity index (χ4n) is 4.40. The molecule has 1 amide bonds. The first-order valence-electron chi connectivity index (χ1n) is 9.89. The topological polar surface area (TPSA) is 63.6 Å². The fraction of sp³-hybridized carbons (Fsp3) is 0.429. The molecule has 2 bridgehead atoms. The zero-order valence-electron chi connectivity index (χ0n) is 16.4. The summed E-state index contributed by atoms with van der Waals surface area (Å²) in [6.45, 7) is 1.41. The van der Waals surface area contributed by atoms with E-state index < -0.39 is 21.7 Å². The van der Waals surface area contributed by atoms with E-state index in [9.17, 15) is 14.0 Å². The Hall–Kier alpha value is -1.80. The number of alkyl halides is 3. The number of ether oxygens (including phenoxy) is 1. The molecule has 0 spiro atoms. The summed E-state index contributed by atoms with van der Waals surface area (Å²) in [6, 6.07) is 10.6. The zero-order valence-corrected chi connectivity index (χ0v) is 18.7. The number of benzene rings is 1. The van der Waals surface area contributed by atoms with Crippen molar-refractivity contribution in [3.8, 4) is 5.75 Å². The number of pyridine rings is 1. The average Bonchev–Trinajstić information content (AvgIpc) is 2.71. The lowest BCUT2D eigenvalue weighted by molar-refractivity contribution is -0.125. The van der Waals surface area contributed by atoms with Crippen LogP contribution in [0.5, 0.6) is 5.75 Å². The Bertz CT molecular complexity index is 1010. The van der Waals surface area contributed by atoms with Gasteiger partial charge in [-0.25, -0.2) is 4.39 Å². The molecule has 1 aromatic heterocycles. The van der Waals surface area contributed by atoms with Crippen molar-refractivity contribution in [2.45, 2.75) is 28.8 Å². The number of hydrogen-bond acceptors (Lipinski definition) is 4. The normalized spacial score (nSPS) is 21.8. The van der Waals surface area contributed by atoms with Crippen molar-refractivity contribution in [2.24, 2.45) is 5.92 Å². The van der Waals surface area contributed by atoms with Gasteiger partial charge in [-0.3, -0.25) is 14.5 Å². The maximum absolute atomic E-state index is 13.0. The van der Waals surface area contributed by atoms with Gasteiger partial charge in [0.05, 0.1) is 0 Å².